The van der Waals surface area contributed by atoms with E-state index in [-0.39, 0.29) is 11.3 Å². The molecule has 20 heavy (non-hydrogen) atoms. The van der Waals surface area contributed by atoms with Crippen molar-refractivity contribution in [2.24, 2.45) is 17.1 Å². The minimum atomic E-state index is -0.278. The summed E-state index contributed by atoms with van der Waals surface area (Å²) in [6.45, 7) is 7.16. The van der Waals surface area contributed by atoms with Gasteiger partial charge >= 0.3 is 0 Å². The Hall–Kier alpha value is -0.610. The lowest BCUT2D eigenvalue weighted by Gasteiger charge is -2.37. The molecule has 0 aromatic heterocycles. The Morgan fingerprint density at radius 2 is 1.95 bits per heavy atom. The van der Waals surface area contributed by atoms with Gasteiger partial charge in [0.15, 0.2) is 0 Å². The van der Waals surface area contributed by atoms with Gasteiger partial charge in [-0.15, -0.1) is 0 Å². The molecule has 0 atom stereocenters. The topological polar surface area (TPSA) is 58.4 Å². The van der Waals surface area contributed by atoms with Gasteiger partial charge < -0.3 is 16.0 Å². The summed E-state index contributed by atoms with van der Waals surface area (Å²) in [5.74, 6) is 0.950. The van der Waals surface area contributed by atoms with Gasteiger partial charge in [0.05, 0.1) is 5.41 Å². The molecule has 0 aromatic carbocycles. The summed E-state index contributed by atoms with van der Waals surface area (Å²) in [6, 6.07) is 0. The molecule has 2 aliphatic rings. The molecular weight excluding hydrogens is 250 g/mol. The van der Waals surface area contributed by atoms with Crippen LogP contribution in [0.5, 0.6) is 0 Å². The molecule has 1 amide bonds. The van der Waals surface area contributed by atoms with E-state index in [1.165, 1.54) is 25.9 Å². The van der Waals surface area contributed by atoms with Crippen LogP contribution < -0.4 is 11.1 Å². The number of rotatable bonds is 6. The highest BCUT2D eigenvalue weighted by atomic mass is 16.2. The molecule has 0 spiro atoms. The van der Waals surface area contributed by atoms with Crippen LogP contribution in [0, 0.1) is 11.3 Å². The fourth-order valence-electron chi connectivity index (χ4n) is 3.54. The van der Waals surface area contributed by atoms with Gasteiger partial charge in [-0.3, -0.25) is 4.79 Å². The molecule has 3 N–H and O–H groups in total. The lowest BCUT2D eigenvalue weighted by molar-refractivity contribution is -0.132. The molecular formula is C16H31N3O. The number of hydrogen-bond donors (Lipinski definition) is 2. The highest BCUT2D eigenvalue weighted by Gasteiger charge is 2.39. The third kappa shape index (κ3) is 3.95. The van der Waals surface area contributed by atoms with Crippen molar-refractivity contribution in [2.45, 2.75) is 51.9 Å². The van der Waals surface area contributed by atoms with Crippen LogP contribution in [-0.4, -0.2) is 43.5 Å². The fourth-order valence-corrected chi connectivity index (χ4v) is 3.54. The average molecular weight is 281 g/mol. The Morgan fingerprint density at radius 3 is 2.55 bits per heavy atom. The molecule has 4 heteroatoms. The number of carbonyl (C=O) groups excluding carboxylic acids is 1. The summed E-state index contributed by atoms with van der Waals surface area (Å²) < 4.78 is 0. The number of nitrogens with two attached hydrogens (primary N) is 1. The van der Waals surface area contributed by atoms with Gasteiger partial charge in [-0.05, 0) is 70.5 Å². The second-order valence-electron chi connectivity index (χ2n) is 6.83. The molecule has 116 valence electrons. The largest absolute Gasteiger partial charge is 0.356 e. The highest BCUT2D eigenvalue weighted by Crippen LogP contribution is 2.38. The summed E-state index contributed by atoms with van der Waals surface area (Å²) in [4.78, 5) is 14.9. The van der Waals surface area contributed by atoms with E-state index >= 15 is 0 Å². The predicted molar refractivity (Wildman–Crippen MR) is 82.4 cm³/mol. The zero-order valence-corrected chi connectivity index (χ0v) is 13.0. The van der Waals surface area contributed by atoms with Gasteiger partial charge in [-0.25, -0.2) is 0 Å². The van der Waals surface area contributed by atoms with Crippen molar-refractivity contribution in [1.82, 2.24) is 10.2 Å². The molecule has 0 radical (unpaired) electrons. The number of nitrogens with one attached hydrogen (secondary N) is 1. The van der Waals surface area contributed by atoms with Crippen molar-refractivity contribution in [1.29, 1.82) is 0 Å². The van der Waals surface area contributed by atoms with Crippen molar-refractivity contribution >= 4 is 5.91 Å². The van der Waals surface area contributed by atoms with Gasteiger partial charge in [0.2, 0.25) is 5.91 Å². The lowest BCUT2D eigenvalue weighted by atomic mass is 9.70. The minimum Gasteiger partial charge on any atom is -0.356 e. The average Bonchev–Trinajstić information content (AvgIpc) is 2.98. The van der Waals surface area contributed by atoms with E-state index in [0.717, 1.165) is 51.1 Å². The van der Waals surface area contributed by atoms with Crippen LogP contribution in [0.15, 0.2) is 0 Å². The Labute approximate surface area is 123 Å². The SMILES string of the molecule is CC1CCC(CN)(C(=O)NCCCN2CCCC2)CC1. The normalized spacial score (nSPS) is 31.4. The molecule has 2 rings (SSSR count). The molecule has 1 heterocycles. The van der Waals surface area contributed by atoms with Crippen LogP contribution in [0.2, 0.25) is 0 Å². The summed E-state index contributed by atoms with van der Waals surface area (Å²) in [7, 11) is 0. The maximum Gasteiger partial charge on any atom is 0.227 e. The number of likely N-dealkylation sites (tertiary alicyclic amines) is 1. The Morgan fingerprint density at radius 1 is 1.30 bits per heavy atom. The standard InChI is InChI=1S/C16H31N3O/c1-14-5-7-16(13-17,8-6-14)15(20)18-9-4-12-19-10-2-3-11-19/h14H,2-13,17H2,1H3,(H,18,20). The minimum absolute atomic E-state index is 0.202. The van der Waals surface area contributed by atoms with Gasteiger partial charge in [-0.1, -0.05) is 6.92 Å². The van der Waals surface area contributed by atoms with E-state index in [1.807, 2.05) is 0 Å². The van der Waals surface area contributed by atoms with Gasteiger partial charge in [0.1, 0.15) is 0 Å². The van der Waals surface area contributed by atoms with Crippen molar-refractivity contribution in [3.8, 4) is 0 Å². The predicted octanol–water partition coefficient (Wildman–Crippen LogP) is 1.74. The van der Waals surface area contributed by atoms with E-state index in [1.54, 1.807) is 0 Å². The van der Waals surface area contributed by atoms with Crippen LogP contribution in [-0.2, 0) is 4.79 Å². The zero-order chi connectivity index (χ0) is 14.4. The van der Waals surface area contributed by atoms with E-state index in [4.69, 9.17) is 5.73 Å². The first-order valence-corrected chi connectivity index (χ1v) is 8.37. The summed E-state index contributed by atoms with van der Waals surface area (Å²) in [6.07, 6.45) is 7.92. The first-order chi connectivity index (χ1) is 9.66. The maximum atomic E-state index is 12.4. The first kappa shape index (κ1) is 15.8. The highest BCUT2D eigenvalue weighted by molar-refractivity contribution is 5.83. The van der Waals surface area contributed by atoms with E-state index < -0.39 is 0 Å². The fraction of sp³-hybridized carbons (Fsp3) is 0.938. The second-order valence-corrected chi connectivity index (χ2v) is 6.83. The molecule has 0 unspecified atom stereocenters. The smallest absolute Gasteiger partial charge is 0.227 e. The van der Waals surface area contributed by atoms with Crippen LogP contribution in [0.1, 0.15) is 51.9 Å². The molecule has 1 aliphatic carbocycles. The van der Waals surface area contributed by atoms with Crippen LogP contribution >= 0.6 is 0 Å². The number of nitrogens with zero attached hydrogens (tertiary/aromatic N) is 1. The summed E-state index contributed by atoms with van der Waals surface area (Å²) >= 11 is 0. The molecule has 1 saturated carbocycles. The van der Waals surface area contributed by atoms with Crippen LogP contribution in [0.3, 0.4) is 0 Å². The Kier molecular flexibility index (Phi) is 5.85. The molecule has 0 bridgehead atoms. The Balaban J connectivity index is 1.69. The van der Waals surface area contributed by atoms with Crippen LogP contribution in [0.25, 0.3) is 0 Å². The molecule has 4 nitrogen and oxygen atoms in total. The van der Waals surface area contributed by atoms with Gasteiger partial charge in [0.25, 0.3) is 0 Å². The number of amides is 1. The first-order valence-electron chi connectivity index (χ1n) is 8.37. The summed E-state index contributed by atoms with van der Waals surface area (Å²) in [5.41, 5.74) is 5.64. The van der Waals surface area contributed by atoms with Crippen molar-refractivity contribution in [3.63, 3.8) is 0 Å². The zero-order valence-electron chi connectivity index (χ0n) is 13.0. The van der Waals surface area contributed by atoms with E-state index in [0.29, 0.717) is 6.54 Å². The van der Waals surface area contributed by atoms with Crippen molar-refractivity contribution in [2.75, 3.05) is 32.7 Å². The molecule has 2 fully saturated rings. The third-order valence-corrected chi connectivity index (χ3v) is 5.24. The molecule has 1 aliphatic heterocycles. The lowest BCUT2D eigenvalue weighted by Crippen LogP contribution is -2.48. The third-order valence-electron chi connectivity index (χ3n) is 5.24. The monoisotopic (exact) mass is 281 g/mol. The molecule has 1 saturated heterocycles. The van der Waals surface area contributed by atoms with Crippen molar-refractivity contribution in [3.05, 3.63) is 0 Å². The van der Waals surface area contributed by atoms with Gasteiger partial charge in [0, 0.05) is 13.1 Å². The van der Waals surface area contributed by atoms with E-state index in [2.05, 4.69) is 17.1 Å². The quantitative estimate of drug-likeness (QED) is 0.729. The van der Waals surface area contributed by atoms with Gasteiger partial charge in [-0.2, -0.15) is 0 Å². The van der Waals surface area contributed by atoms with E-state index in [9.17, 15) is 4.79 Å². The summed E-state index contributed by atoms with van der Waals surface area (Å²) in [5, 5.41) is 3.14. The van der Waals surface area contributed by atoms with Crippen molar-refractivity contribution < 1.29 is 4.79 Å². The maximum absolute atomic E-state index is 12.4. The van der Waals surface area contributed by atoms with Crippen LogP contribution in [0.4, 0.5) is 0 Å². The second kappa shape index (κ2) is 7.41. The Bertz CT molecular complexity index is 305. The number of hydrogen-bond acceptors (Lipinski definition) is 3. The number of carbonyl (C=O) groups is 1. The molecule has 0 aromatic rings.